The van der Waals surface area contributed by atoms with Crippen LogP contribution in [0, 0.1) is 11.2 Å². The predicted molar refractivity (Wildman–Crippen MR) is 34.4 cm³/mol. The number of hydrogen-bond acceptors (Lipinski definition) is 3. The van der Waals surface area contributed by atoms with Crippen molar-refractivity contribution >= 4 is 19.7 Å². The molecule has 0 bridgehead atoms. The molecule has 0 aliphatic carbocycles. The maximum Gasteiger partial charge on any atom is 0.300 e. The van der Waals surface area contributed by atoms with Crippen LogP contribution < -0.4 is 0 Å². The first-order chi connectivity index (χ1) is 4.06. The van der Waals surface area contributed by atoms with Crippen LogP contribution in [0.4, 0.5) is 0 Å². The summed E-state index contributed by atoms with van der Waals surface area (Å²) in [6.45, 7) is 0.0753. The zero-order chi connectivity index (χ0) is 7.33. The molecule has 0 radical (unpaired) electrons. The molecule has 0 amide bonds. The highest BCUT2D eigenvalue weighted by atomic mass is 35.7. The molecule has 0 aromatic carbocycles. The van der Waals surface area contributed by atoms with Gasteiger partial charge < -0.3 is 4.74 Å². The zero-order valence-corrected chi connectivity index (χ0v) is 6.29. The van der Waals surface area contributed by atoms with Gasteiger partial charge in [-0.25, -0.2) is 0 Å². The summed E-state index contributed by atoms with van der Waals surface area (Å²) in [7, 11) is 2.46. The van der Waals surface area contributed by atoms with Crippen LogP contribution in [-0.2, 0) is 13.8 Å². The predicted octanol–water partition coefficient (Wildman–Crippen LogP) is 0.162. The third kappa shape index (κ3) is 7.76. The van der Waals surface area contributed by atoms with Crippen molar-refractivity contribution in [3.63, 3.8) is 0 Å². The van der Waals surface area contributed by atoms with E-state index in [0.717, 1.165) is 0 Å². The minimum absolute atomic E-state index is 0.0753. The smallest absolute Gasteiger partial charge is 0.300 e. The Morgan fingerprint density at radius 1 is 1.67 bits per heavy atom. The summed E-state index contributed by atoms with van der Waals surface area (Å²) >= 11 is 0. The minimum Gasteiger partial charge on any atom is -0.372 e. The molecule has 9 heavy (non-hydrogen) atoms. The highest BCUT2D eigenvalue weighted by molar-refractivity contribution is 8.17. The standard InChI is InChI=1S/C4H5ClO3S/c1-8-3-2-4-9(5,6)7/h3H2,1H3. The van der Waals surface area contributed by atoms with Gasteiger partial charge in [-0.2, -0.15) is 8.42 Å². The lowest BCUT2D eigenvalue weighted by molar-refractivity contribution is 0.240. The van der Waals surface area contributed by atoms with Gasteiger partial charge in [0.15, 0.2) is 0 Å². The van der Waals surface area contributed by atoms with Crippen molar-refractivity contribution in [2.75, 3.05) is 13.7 Å². The summed E-state index contributed by atoms with van der Waals surface area (Å²) < 4.78 is 24.5. The Balaban J connectivity index is 3.90. The molecule has 0 aliphatic heterocycles. The number of halogens is 1. The Kier molecular flexibility index (Phi) is 3.62. The van der Waals surface area contributed by atoms with Gasteiger partial charge in [0.25, 0.3) is 0 Å². The summed E-state index contributed by atoms with van der Waals surface area (Å²) in [5.74, 6) is 2.18. The topological polar surface area (TPSA) is 43.4 Å². The van der Waals surface area contributed by atoms with Gasteiger partial charge in [0.2, 0.25) is 0 Å². The lowest BCUT2D eigenvalue weighted by Gasteiger charge is -1.80. The molecule has 0 aliphatic rings. The fourth-order valence-corrected chi connectivity index (χ4v) is 0.583. The Labute approximate surface area is 58.4 Å². The molecule has 0 aromatic heterocycles. The van der Waals surface area contributed by atoms with Crippen LogP contribution in [0.25, 0.3) is 0 Å². The van der Waals surface area contributed by atoms with Gasteiger partial charge >= 0.3 is 9.05 Å². The molecular formula is C4H5ClO3S. The van der Waals surface area contributed by atoms with Crippen LogP contribution >= 0.6 is 10.7 Å². The normalized spacial score (nSPS) is 10.0. The Morgan fingerprint density at radius 3 is 2.56 bits per heavy atom. The average Bonchev–Trinajstić information content (AvgIpc) is 1.63. The molecule has 0 rings (SSSR count). The van der Waals surface area contributed by atoms with Crippen LogP contribution in [0.1, 0.15) is 0 Å². The van der Waals surface area contributed by atoms with Crippen molar-refractivity contribution in [1.29, 1.82) is 0 Å². The zero-order valence-electron chi connectivity index (χ0n) is 4.72. The highest BCUT2D eigenvalue weighted by Crippen LogP contribution is 1.90. The highest BCUT2D eigenvalue weighted by Gasteiger charge is 1.93. The molecule has 0 heterocycles. The van der Waals surface area contributed by atoms with Crippen molar-refractivity contribution in [1.82, 2.24) is 0 Å². The first-order valence-electron chi connectivity index (χ1n) is 1.99. The lowest BCUT2D eigenvalue weighted by atomic mass is 10.8. The Morgan fingerprint density at radius 2 is 2.22 bits per heavy atom. The van der Waals surface area contributed by atoms with E-state index >= 15 is 0 Å². The van der Waals surface area contributed by atoms with Crippen LogP contribution in [0.15, 0.2) is 0 Å². The van der Waals surface area contributed by atoms with Gasteiger partial charge in [0, 0.05) is 23.0 Å². The van der Waals surface area contributed by atoms with Crippen molar-refractivity contribution < 1.29 is 13.2 Å². The SMILES string of the molecule is COCC#CS(=O)(=O)Cl. The minimum atomic E-state index is -3.67. The summed E-state index contributed by atoms with van der Waals surface area (Å²) in [4.78, 5) is 0. The van der Waals surface area contributed by atoms with Gasteiger partial charge in [-0.3, -0.25) is 0 Å². The van der Waals surface area contributed by atoms with Crippen molar-refractivity contribution in [3.05, 3.63) is 0 Å². The summed E-state index contributed by atoms with van der Waals surface area (Å²) in [5, 5.41) is 1.79. The van der Waals surface area contributed by atoms with Gasteiger partial charge in [-0.1, -0.05) is 5.92 Å². The molecule has 0 saturated heterocycles. The van der Waals surface area contributed by atoms with Crippen molar-refractivity contribution in [3.8, 4) is 11.2 Å². The fraction of sp³-hybridized carbons (Fsp3) is 0.500. The Bertz CT molecular complexity index is 220. The van der Waals surface area contributed by atoms with E-state index in [2.05, 4.69) is 10.7 Å². The molecule has 5 heteroatoms. The summed E-state index contributed by atoms with van der Waals surface area (Å²) in [6.07, 6.45) is 0. The van der Waals surface area contributed by atoms with Crippen LogP contribution in [-0.4, -0.2) is 22.1 Å². The monoisotopic (exact) mass is 168 g/mol. The summed E-state index contributed by atoms with van der Waals surface area (Å²) in [5.41, 5.74) is 0. The third-order valence-electron chi connectivity index (χ3n) is 0.411. The van der Waals surface area contributed by atoms with E-state index in [1.54, 1.807) is 5.25 Å². The van der Waals surface area contributed by atoms with E-state index in [1.165, 1.54) is 7.11 Å². The van der Waals surface area contributed by atoms with E-state index in [-0.39, 0.29) is 6.61 Å². The molecule has 3 nitrogen and oxygen atoms in total. The Hall–Kier alpha value is -0.240. The molecular weight excluding hydrogens is 164 g/mol. The van der Waals surface area contributed by atoms with E-state index in [0.29, 0.717) is 0 Å². The van der Waals surface area contributed by atoms with Crippen LogP contribution in [0.5, 0.6) is 0 Å². The number of hydrogen-bond donors (Lipinski definition) is 0. The first-order valence-corrected chi connectivity index (χ1v) is 4.30. The molecule has 52 valence electrons. The van der Waals surface area contributed by atoms with Crippen LogP contribution in [0.3, 0.4) is 0 Å². The van der Waals surface area contributed by atoms with Crippen molar-refractivity contribution in [2.45, 2.75) is 0 Å². The summed E-state index contributed by atoms with van der Waals surface area (Å²) in [6, 6.07) is 0. The number of ether oxygens (including phenoxy) is 1. The second kappa shape index (κ2) is 3.72. The van der Waals surface area contributed by atoms with Gasteiger partial charge in [-0.15, -0.1) is 0 Å². The second-order valence-corrected chi connectivity index (χ2v) is 3.45. The molecule has 0 fully saturated rings. The third-order valence-corrected chi connectivity index (χ3v) is 1.03. The van der Waals surface area contributed by atoms with E-state index in [4.69, 9.17) is 10.7 Å². The molecule has 0 unspecified atom stereocenters. The van der Waals surface area contributed by atoms with Gasteiger partial charge in [0.05, 0.1) is 0 Å². The fourth-order valence-electron chi connectivity index (χ4n) is 0.188. The molecule has 0 atom stereocenters. The van der Waals surface area contributed by atoms with E-state index in [9.17, 15) is 8.42 Å². The lowest BCUT2D eigenvalue weighted by Crippen LogP contribution is -1.84. The maximum absolute atomic E-state index is 10.0. The van der Waals surface area contributed by atoms with Crippen LogP contribution in [0.2, 0.25) is 0 Å². The van der Waals surface area contributed by atoms with Gasteiger partial charge in [0.1, 0.15) is 6.61 Å². The van der Waals surface area contributed by atoms with E-state index in [1.807, 2.05) is 0 Å². The number of rotatable bonds is 1. The second-order valence-electron chi connectivity index (χ2n) is 1.15. The molecule has 0 spiro atoms. The van der Waals surface area contributed by atoms with E-state index < -0.39 is 9.05 Å². The maximum atomic E-state index is 10.0. The quantitative estimate of drug-likeness (QED) is 0.414. The average molecular weight is 169 g/mol. The number of methoxy groups -OCH3 is 1. The molecule has 0 N–H and O–H groups in total. The largest absolute Gasteiger partial charge is 0.372 e. The molecule has 0 aromatic rings. The molecule has 0 saturated carbocycles. The van der Waals surface area contributed by atoms with Crippen molar-refractivity contribution in [2.24, 2.45) is 0 Å². The first kappa shape index (κ1) is 8.76. The van der Waals surface area contributed by atoms with Gasteiger partial charge in [-0.05, 0) is 0 Å².